The Morgan fingerprint density at radius 2 is 1.58 bits per heavy atom. The van der Waals surface area contributed by atoms with E-state index in [-0.39, 0.29) is 11.0 Å². The summed E-state index contributed by atoms with van der Waals surface area (Å²) in [5.74, 6) is 0.0341. The van der Waals surface area contributed by atoms with Crippen molar-refractivity contribution < 1.29 is 5.11 Å². The molecule has 0 aliphatic carbocycles. The number of thiocarbonyl (C=S) groups is 1. The van der Waals surface area contributed by atoms with E-state index >= 15 is 0 Å². The molecule has 0 amide bonds. The molecule has 1 atom stereocenters. The van der Waals surface area contributed by atoms with Crippen LogP contribution in [-0.4, -0.2) is 10.2 Å². The molecule has 0 bridgehead atoms. The van der Waals surface area contributed by atoms with Crippen molar-refractivity contribution in [1.82, 2.24) is 0 Å². The first-order chi connectivity index (χ1) is 9.25. The summed E-state index contributed by atoms with van der Waals surface area (Å²) in [5.41, 5.74) is 1.14. The summed E-state index contributed by atoms with van der Waals surface area (Å²) >= 11 is 4.99. The molecule has 0 spiro atoms. The zero-order chi connectivity index (χ0) is 13.9. The normalized spacial score (nSPS) is 12.3. The number of rotatable bonds is 10. The highest BCUT2D eigenvalue weighted by atomic mass is 32.1. The van der Waals surface area contributed by atoms with E-state index in [0.717, 1.165) is 18.4 Å². The molecule has 106 valence electrons. The maximum atomic E-state index is 9.67. The number of benzene rings is 1. The first-order valence-corrected chi connectivity index (χ1v) is 7.94. The van der Waals surface area contributed by atoms with E-state index in [1.54, 1.807) is 0 Å². The molecule has 0 radical (unpaired) electrons. The van der Waals surface area contributed by atoms with Crippen LogP contribution in [0.4, 0.5) is 0 Å². The molecule has 1 aromatic rings. The summed E-state index contributed by atoms with van der Waals surface area (Å²) in [5, 5.41) is 9.81. The first kappa shape index (κ1) is 16.2. The van der Waals surface area contributed by atoms with Gasteiger partial charge in [0.1, 0.15) is 0 Å². The van der Waals surface area contributed by atoms with Crippen LogP contribution in [0, 0.1) is 0 Å². The molecule has 0 aliphatic rings. The van der Waals surface area contributed by atoms with Crippen LogP contribution in [-0.2, 0) is 0 Å². The zero-order valence-electron chi connectivity index (χ0n) is 12.0. The van der Waals surface area contributed by atoms with Crippen molar-refractivity contribution in [3.8, 4) is 0 Å². The molecule has 0 fully saturated rings. The lowest BCUT2D eigenvalue weighted by molar-refractivity contribution is 0.505. The maximum Gasteiger partial charge on any atom is 0.164 e. The summed E-state index contributed by atoms with van der Waals surface area (Å²) in [6, 6.07) is 10.1. The summed E-state index contributed by atoms with van der Waals surface area (Å²) < 4.78 is 0. The van der Waals surface area contributed by atoms with Gasteiger partial charge in [0.05, 0.1) is 5.92 Å². The van der Waals surface area contributed by atoms with Crippen molar-refractivity contribution >= 4 is 17.3 Å². The number of hydrogen-bond donors (Lipinski definition) is 1. The number of unbranched alkanes of at least 4 members (excludes halogenated alkanes) is 6. The van der Waals surface area contributed by atoms with Crippen LogP contribution >= 0.6 is 12.2 Å². The molecule has 0 aromatic heterocycles. The third kappa shape index (κ3) is 6.72. The standard InChI is InChI=1S/C17H26OS/c1-2-3-4-5-6-7-11-14-16(17(18)19)15-12-9-8-10-13-15/h8-10,12-13,16H,2-7,11,14H2,1H3,(H,18,19). The van der Waals surface area contributed by atoms with E-state index in [2.05, 4.69) is 19.1 Å². The third-order valence-corrected chi connectivity index (χ3v) is 3.88. The van der Waals surface area contributed by atoms with Gasteiger partial charge in [-0.25, -0.2) is 0 Å². The molecule has 19 heavy (non-hydrogen) atoms. The van der Waals surface area contributed by atoms with Gasteiger partial charge in [0, 0.05) is 0 Å². The molecule has 2 heteroatoms. The van der Waals surface area contributed by atoms with Gasteiger partial charge < -0.3 is 5.11 Å². The highest BCUT2D eigenvalue weighted by Crippen LogP contribution is 2.24. The molecule has 1 nitrogen and oxygen atoms in total. The van der Waals surface area contributed by atoms with Crippen molar-refractivity contribution in [2.75, 3.05) is 0 Å². The fraction of sp³-hybridized carbons (Fsp3) is 0.588. The first-order valence-electron chi connectivity index (χ1n) is 7.53. The van der Waals surface area contributed by atoms with Gasteiger partial charge in [-0.1, -0.05) is 82.2 Å². The minimum absolute atomic E-state index is 0.0341. The van der Waals surface area contributed by atoms with E-state index in [1.165, 1.54) is 38.5 Å². The van der Waals surface area contributed by atoms with Gasteiger partial charge in [-0.15, -0.1) is 0 Å². The van der Waals surface area contributed by atoms with Gasteiger partial charge >= 0.3 is 0 Å². The smallest absolute Gasteiger partial charge is 0.164 e. The third-order valence-electron chi connectivity index (χ3n) is 3.60. The van der Waals surface area contributed by atoms with E-state index in [1.807, 2.05) is 18.2 Å². The van der Waals surface area contributed by atoms with Crippen LogP contribution in [0.5, 0.6) is 0 Å². The zero-order valence-corrected chi connectivity index (χ0v) is 12.8. The van der Waals surface area contributed by atoms with Gasteiger partial charge in [0.25, 0.3) is 0 Å². The molecule has 0 saturated carbocycles. The van der Waals surface area contributed by atoms with Gasteiger partial charge in [-0.2, -0.15) is 0 Å². The van der Waals surface area contributed by atoms with E-state index < -0.39 is 0 Å². The second kappa shape index (κ2) is 9.96. The predicted octanol–water partition coefficient (Wildman–Crippen LogP) is 5.80. The molecule has 1 N–H and O–H groups in total. The van der Waals surface area contributed by atoms with Crippen LogP contribution in [0.2, 0.25) is 0 Å². The monoisotopic (exact) mass is 278 g/mol. The second-order valence-corrected chi connectivity index (χ2v) is 5.63. The SMILES string of the molecule is CCCCCCCCCC(C(O)=S)c1ccccc1. The Morgan fingerprint density at radius 1 is 1.00 bits per heavy atom. The molecule has 0 heterocycles. The minimum atomic E-state index is 0.0341. The molecular weight excluding hydrogens is 252 g/mol. The Balaban J connectivity index is 2.26. The minimum Gasteiger partial charge on any atom is -0.502 e. The van der Waals surface area contributed by atoms with Gasteiger partial charge in [-0.3, -0.25) is 0 Å². The lowest BCUT2D eigenvalue weighted by Gasteiger charge is -2.14. The van der Waals surface area contributed by atoms with E-state index in [9.17, 15) is 5.11 Å². The fourth-order valence-electron chi connectivity index (χ4n) is 2.42. The van der Waals surface area contributed by atoms with Gasteiger partial charge in [-0.05, 0) is 24.2 Å². The average Bonchev–Trinajstić information content (AvgIpc) is 2.42. The van der Waals surface area contributed by atoms with Crippen molar-refractivity contribution in [3.05, 3.63) is 35.9 Å². The summed E-state index contributed by atoms with van der Waals surface area (Å²) in [4.78, 5) is 0. The molecule has 0 saturated heterocycles. The molecule has 1 rings (SSSR count). The lowest BCUT2D eigenvalue weighted by Crippen LogP contribution is -2.09. The Morgan fingerprint density at radius 3 is 2.16 bits per heavy atom. The van der Waals surface area contributed by atoms with Crippen molar-refractivity contribution in [1.29, 1.82) is 0 Å². The molecule has 1 unspecified atom stereocenters. The number of aliphatic hydroxyl groups excluding tert-OH is 1. The number of aliphatic hydroxyl groups is 1. The quantitative estimate of drug-likeness (QED) is 0.431. The van der Waals surface area contributed by atoms with Crippen LogP contribution in [0.25, 0.3) is 0 Å². The van der Waals surface area contributed by atoms with Crippen molar-refractivity contribution in [3.63, 3.8) is 0 Å². The van der Waals surface area contributed by atoms with E-state index in [4.69, 9.17) is 12.2 Å². The fourth-order valence-corrected chi connectivity index (χ4v) is 2.68. The summed E-state index contributed by atoms with van der Waals surface area (Å²) in [6.45, 7) is 2.24. The van der Waals surface area contributed by atoms with Crippen LogP contribution in [0.15, 0.2) is 30.3 Å². The van der Waals surface area contributed by atoms with E-state index in [0.29, 0.717) is 0 Å². The predicted molar refractivity (Wildman–Crippen MR) is 87.0 cm³/mol. The average molecular weight is 278 g/mol. The molecule has 1 aromatic carbocycles. The Labute approximate surface area is 123 Å². The summed E-state index contributed by atoms with van der Waals surface area (Å²) in [6.07, 6.45) is 10.0. The largest absolute Gasteiger partial charge is 0.502 e. The Kier molecular flexibility index (Phi) is 8.48. The van der Waals surface area contributed by atoms with Crippen LogP contribution in [0.1, 0.15) is 69.8 Å². The highest BCUT2D eigenvalue weighted by molar-refractivity contribution is 7.80. The Hall–Kier alpha value is -0.890. The van der Waals surface area contributed by atoms with Crippen LogP contribution < -0.4 is 0 Å². The Bertz CT molecular complexity index is 348. The highest BCUT2D eigenvalue weighted by Gasteiger charge is 2.15. The van der Waals surface area contributed by atoms with Gasteiger partial charge in [0.2, 0.25) is 0 Å². The van der Waals surface area contributed by atoms with Crippen LogP contribution in [0.3, 0.4) is 0 Å². The second-order valence-electron chi connectivity index (χ2n) is 5.21. The topological polar surface area (TPSA) is 20.2 Å². The summed E-state index contributed by atoms with van der Waals surface area (Å²) in [7, 11) is 0. The molecular formula is C17H26OS. The molecule has 0 aliphatic heterocycles. The van der Waals surface area contributed by atoms with Gasteiger partial charge in [0.15, 0.2) is 5.05 Å². The van der Waals surface area contributed by atoms with Crippen molar-refractivity contribution in [2.24, 2.45) is 0 Å². The lowest BCUT2D eigenvalue weighted by atomic mass is 9.93. The maximum absolute atomic E-state index is 9.67. The number of hydrogen-bond acceptors (Lipinski definition) is 1. The van der Waals surface area contributed by atoms with Crippen molar-refractivity contribution in [2.45, 2.75) is 64.2 Å².